The van der Waals surface area contributed by atoms with Gasteiger partial charge in [0.1, 0.15) is 10.5 Å². The summed E-state index contributed by atoms with van der Waals surface area (Å²) in [5.41, 5.74) is 1.45. The van der Waals surface area contributed by atoms with E-state index in [4.69, 9.17) is 0 Å². The summed E-state index contributed by atoms with van der Waals surface area (Å²) in [6.07, 6.45) is 1.60. The van der Waals surface area contributed by atoms with E-state index in [0.29, 0.717) is 15.4 Å². The predicted molar refractivity (Wildman–Crippen MR) is 137 cm³/mol. The van der Waals surface area contributed by atoms with Crippen LogP contribution in [-0.2, 0) is 11.3 Å². The molecule has 2 aromatic heterocycles. The number of fused-ring (bicyclic) bond motifs is 1. The van der Waals surface area contributed by atoms with Crippen molar-refractivity contribution in [3.63, 3.8) is 0 Å². The molecule has 0 aliphatic heterocycles. The van der Waals surface area contributed by atoms with Gasteiger partial charge in [0.15, 0.2) is 5.16 Å². The molecule has 4 aromatic rings. The number of rotatable bonds is 8. The third-order valence-corrected chi connectivity index (χ3v) is 7.03. The standard InChI is InChI=1S/C24H20N4O4S2/c1-3-13-27-23(30)20-17(16-9-5-4-6-10-16)14-33-22(20)26-24(27)34-15(2)21(29)25-18-11-7-8-12-19(18)28(31)32/h3-12,14-15H,1,13H2,2H3,(H,25,29). The van der Waals surface area contributed by atoms with Crippen LogP contribution in [0.3, 0.4) is 0 Å². The highest BCUT2D eigenvalue weighted by molar-refractivity contribution is 8.00. The Morgan fingerprint density at radius 2 is 1.97 bits per heavy atom. The van der Waals surface area contributed by atoms with E-state index in [-0.39, 0.29) is 23.5 Å². The molecule has 2 aromatic carbocycles. The van der Waals surface area contributed by atoms with E-state index in [2.05, 4.69) is 16.9 Å². The average molecular weight is 493 g/mol. The van der Waals surface area contributed by atoms with Crippen LogP contribution in [0.25, 0.3) is 21.3 Å². The summed E-state index contributed by atoms with van der Waals surface area (Å²) in [6.45, 7) is 5.63. The lowest BCUT2D eigenvalue weighted by Crippen LogP contribution is -2.26. The van der Waals surface area contributed by atoms with Crippen molar-refractivity contribution in [1.82, 2.24) is 9.55 Å². The first kappa shape index (κ1) is 23.4. The molecular weight excluding hydrogens is 472 g/mol. The lowest BCUT2D eigenvalue weighted by Gasteiger charge is -2.15. The second kappa shape index (κ2) is 10.0. The van der Waals surface area contributed by atoms with Crippen LogP contribution >= 0.6 is 23.1 Å². The van der Waals surface area contributed by atoms with Crippen LogP contribution in [-0.4, -0.2) is 25.6 Å². The third-order valence-electron chi connectivity index (χ3n) is 5.07. The van der Waals surface area contributed by atoms with E-state index in [9.17, 15) is 19.7 Å². The largest absolute Gasteiger partial charge is 0.319 e. The summed E-state index contributed by atoms with van der Waals surface area (Å²) in [4.78, 5) is 42.2. The highest BCUT2D eigenvalue weighted by Gasteiger charge is 2.23. The lowest BCUT2D eigenvalue weighted by atomic mass is 10.1. The molecule has 0 saturated heterocycles. The van der Waals surface area contributed by atoms with Gasteiger partial charge in [-0.1, -0.05) is 60.3 Å². The van der Waals surface area contributed by atoms with Gasteiger partial charge in [-0.05, 0) is 18.6 Å². The number of thioether (sulfide) groups is 1. The number of thiophene rings is 1. The Bertz CT molecular complexity index is 1450. The maximum atomic E-state index is 13.4. The summed E-state index contributed by atoms with van der Waals surface area (Å²) in [5, 5.41) is 16.0. The number of para-hydroxylation sites is 2. The topological polar surface area (TPSA) is 107 Å². The highest BCUT2D eigenvalue weighted by Crippen LogP contribution is 2.33. The summed E-state index contributed by atoms with van der Waals surface area (Å²) in [6, 6.07) is 15.6. The molecule has 10 heteroatoms. The zero-order valence-electron chi connectivity index (χ0n) is 18.1. The normalized spacial score (nSPS) is 11.8. The number of nitrogens with zero attached hydrogens (tertiary/aromatic N) is 3. The van der Waals surface area contributed by atoms with Crippen molar-refractivity contribution in [3.8, 4) is 11.1 Å². The number of hydrogen-bond donors (Lipinski definition) is 1. The van der Waals surface area contributed by atoms with E-state index >= 15 is 0 Å². The Morgan fingerprint density at radius 1 is 1.26 bits per heavy atom. The molecule has 172 valence electrons. The Balaban J connectivity index is 1.67. The van der Waals surface area contributed by atoms with Gasteiger partial charge in [0.25, 0.3) is 11.2 Å². The van der Waals surface area contributed by atoms with Crippen LogP contribution < -0.4 is 10.9 Å². The molecule has 0 bridgehead atoms. The van der Waals surface area contributed by atoms with Gasteiger partial charge < -0.3 is 5.32 Å². The zero-order chi connectivity index (χ0) is 24.2. The molecule has 1 amide bonds. The van der Waals surface area contributed by atoms with Gasteiger partial charge in [-0.25, -0.2) is 4.98 Å². The minimum absolute atomic E-state index is 0.114. The van der Waals surface area contributed by atoms with E-state index in [0.717, 1.165) is 22.9 Å². The molecule has 0 aliphatic carbocycles. The molecule has 0 saturated carbocycles. The smallest absolute Gasteiger partial charge is 0.292 e. The maximum absolute atomic E-state index is 13.4. The second-order valence-electron chi connectivity index (χ2n) is 7.32. The number of nitro benzene ring substituents is 1. The number of anilines is 1. The van der Waals surface area contributed by atoms with Crippen LogP contribution in [0.1, 0.15) is 6.92 Å². The lowest BCUT2D eigenvalue weighted by molar-refractivity contribution is -0.383. The SMILES string of the molecule is C=CCn1c(SC(C)C(=O)Nc2ccccc2[N+](=O)[O-])nc2scc(-c3ccccc3)c2c1=O. The van der Waals surface area contributed by atoms with E-state index < -0.39 is 16.1 Å². The number of allylic oxidation sites excluding steroid dienone is 1. The highest BCUT2D eigenvalue weighted by atomic mass is 32.2. The van der Waals surface area contributed by atoms with Crippen LogP contribution in [0, 0.1) is 10.1 Å². The van der Waals surface area contributed by atoms with Crippen molar-refractivity contribution in [1.29, 1.82) is 0 Å². The number of carbonyl (C=O) groups excluding carboxylic acids is 1. The molecular formula is C24H20N4O4S2. The van der Waals surface area contributed by atoms with E-state index in [1.807, 2.05) is 35.7 Å². The second-order valence-corrected chi connectivity index (χ2v) is 9.48. The molecule has 0 radical (unpaired) electrons. The summed E-state index contributed by atoms with van der Waals surface area (Å²) in [5.74, 6) is -0.435. The van der Waals surface area contributed by atoms with Gasteiger partial charge in [-0.3, -0.25) is 24.3 Å². The van der Waals surface area contributed by atoms with Crippen molar-refractivity contribution < 1.29 is 9.72 Å². The molecule has 1 atom stereocenters. The summed E-state index contributed by atoms with van der Waals surface area (Å²) in [7, 11) is 0. The van der Waals surface area contributed by atoms with Crippen LogP contribution in [0.2, 0.25) is 0 Å². The first-order valence-corrected chi connectivity index (χ1v) is 12.1. The Morgan fingerprint density at radius 3 is 2.68 bits per heavy atom. The predicted octanol–water partition coefficient (Wildman–Crippen LogP) is 5.34. The summed E-state index contributed by atoms with van der Waals surface area (Å²) >= 11 is 2.48. The van der Waals surface area contributed by atoms with E-state index in [1.165, 1.54) is 34.1 Å². The molecule has 1 N–H and O–H groups in total. The van der Waals surface area contributed by atoms with Crippen molar-refractivity contribution in [2.45, 2.75) is 23.9 Å². The molecule has 1 unspecified atom stereocenters. The number of amides is 1. The molecule has 34 heavy (non-hydrogen) atoms. The van der Waals surface area contributed by atoms with Crippen molar-refractivity contribution in [3.05, 3.63) is 93.1 Å². The maximum Gasteiger partial charge on any atom is 0.292 e. The number of carbonyl (C=O) groups is 1. The van der Waals surface area contributed by atoms with Gasteiger partial charge in [0.05, 0.1) is 15.6 Å². The van der Waals surface area contributed by atoms with Gasteiger partial charge in [0, 0.05) is 23.6 Å². The fourth-order valence-corrected chi connectivity index (χ4v) is 5.31. The van der Waals surface area contributed by atoms with Gasteiger partial charge in [0.2, 0.25) is 5.91 Å². The fraction of sp³-hybridized carbons (Fsp3) is 0.125. The quantitative estimate of drug-likeness (QED) is 0.117. The first-order valence-electron chi connectivity index (χ1n) is 10.3. The number of nitrogens with one attached hydrogen (secondary N) is 1. The van der Waals surface area contributed by atoms with E-state index in [1.54, 1.807) is 19.1 Å². The zero-order valence-corrected chi connectivity index (χ0v) is 19.8. The number of hydrogen-bond acceptors (Lipinski definition) is 7. The molecule has 0 aliphatic rings. The average Bonchev–Trinajstić information content (AvgIpc) is 3.26. The Hall–Kier alpha value is -3.76. The minimum Gasteiger partial charge on any atom is -0.319 e. The molecule has 2 heterocycles. The third kappa shape index (κ3) is 4.63. The van der Waals surface area contributed by atoms with Gasteiger partial charge in [-0.2, -0.15) is 0 Å². The van der Waals surface area contributed by atoms with Crippen molar-refractivity contribution in [2.75, 3.05) is 5.32 Å². The number of benzene rings is 2. The molecule has 0 fully saturated rings. The number of nitro groups is 1. The fourth-order valence-electron chi connectivity index (χ4n) is 3.40. The van der Waals surface area contributed by atoms with Crippen molar-refractivity contribution in [2.24, 2.45) is 0 Å². The monoisotopic (exact) mass is 492 g/mol. The van der Waals surface area contributed by atoms with Gasteiger partial charge >= 0.3 is 0 Å². The first-order chi connectivity index (χ1) is 16.4. The Labute approximate surface area is 203 Å². The number of aromatic nitrogens is 2. The van der Waals surface area contributed by atoms with Crippen LogP contribution in [0.15, 0.2) is 82.6 Å². The van der Waals surface area contributed by atoms with Gasteiger partial charge in [-0.15, -0.1) is 17.9 Å². The Kier molecular flexibility index (Phi) is 6.90. The van der Waals surface area contributed by atoms with Crippen LogP contribution in [0.5, 0.6) is 0 Å². The summed E-state index contributed by atoms with van der Waals surface area (Å²) < 4.78 is 1.49. The molecule has 0 spiro atoms. The molecule has 8 nitrogen and oxygen atoms in total. The molecule has 4 rings (SSSR count). The van der Waals surface area contributed by atoms with Crippen molar-refractivity contribution >= 4 is 50.6 Å². The van der Waals surface area contributed by atoms with Crippen LogP contribution in [0.4, 0.5) is 11.4 Å². The minimum atomic E-state index is -0.672.